The molecule has 2 rings (SSSR count). The van der Waals surface area contributed by atoms with Crippen LogP contribution in [0, 0.1) is 5.82 Å². The predicted molar refractivity (Wildman–Crippen MR) is 56.3 cm³/mol. The summed E-state index contributed by atoms with van der Waals surface area (Å²) in [6.07, 6.45) is 2.41. The molecule has 72 valence electrons. The first-order valence-electron chi connectivity index (χ1n) is 4.08. The summed E-state index contributed by atoms with van der Waals surface area (Å²) in [7, 11) is 0. The second-order valence-corrected chi connectivity index (χ2v) is 4.22. The van der Waals surface area contributed by atoms with Gasteiger partial charge in [-0.15, -0.1) is 11.3 Å². The molecule has 0 bridgehead atoms. The summed E-state index contributed by atoms with van der Waals surface area (Å²) in [6, 6.07) is 4.43. The Hall–Kier alpha value is -0.930. The average Bonchev–Trinajstić information content (AvgIpc) is 2.62. The van der Waals surface area contributed by atoms with Crippen molar-refractivity contribution < 1.29 is 4.39 Å². The Labute approximate surface area is 90.2 Å². The molecule has 1 aromatic carbocycles. The van der Waals surface area contributed by atoms with Gasteiger partial charge in [-0.3, -0.25) is 0 Å². The molecule has 0 saturated heterocycles. The highest BCUT2D eigenvalue weighted by Crippen LogP contribution is 2.21. The summed E-state index contributed by atoms with van der Waals surface area (Å²) >= 11 is 7.45. The molecular weight excluding hydrogens is 221 g/mol. The van der Waals surface area contributed by atoms with Gasteiger partial charge in [0.2, 0.25) is 0 Å². The molecule has 0 aliphatic carbocycles. The van der Waals surface area contributed by atoms with Gasteiger partial charge in [0.05, 0.1) is 5.01 Å². The SMILES string of the molecule is Fc1ccc(Cc2nccs2)c(Cl)c1. The Morgan fingerprint density at radius 3 is 2.93 bits per heavy atom. The number of rotatable bonds is 2. The maximum absolute atomic E-state index is 12.7. The molecule has 0 atom stereocenters. The van der Waals surface area contributed by atoms with Gasteiger partial charge in [-0.1, -0.05) is 17.7 Å². The molecule has 14 heavy (non-hydrogen) atoms. The molecule has 0 N–H and O–H groups in total. The van der Waals surface area contributed by atoms with Gasteiger partial charge in [-0.2, -0.15) is 0 Å². The van der Waals surface area contributed by atoms with E-state index in [1.807, 2.05) is 5.38 Å². The number of hydrogen-bond donors (Lipinski definition) is 0. The van der Waals surface area contributed by atoms with Crippen molar-refractivity contribution in [3.63, 3.8) is 0 Å². The summed E-state index contributed by atoms with van der Waals surface area (Å²) in [4.78, 5) is 4.14. The van der Waals surface area contributed by atoms with Crippen LogP contribution in [0.25, 0.3) is 0 Å². The Morgan fingerprint density at radius 2 is 2.29 bits per heavy atom. The number of benzene rings is 1. The zero-order valence-corrected chi connectivity index (χ0v) is 8.78. The molecule has 0 radical (unpaired) electrons. The van der Waals surface area contributed by atoms with E-state index in [4.69, 9.17) is 11.6 Å². The zero-order chi connectivity index (χ0) is 9.97. The van der Waals surface area contributed by atoms with Crippen LogP contribution in [0.3, 0.4) is 0 Å². The third-order valence-corrected chi connectivity index (χ3v) is 2.97. The van der Waals surface area contributed by atoms with Crippen molar-refractivity contribution >= 4 is 22.9 Å². The summed E-state index contributed by atoms with van der Waals surface area (Å²) in [5.74, 6) is -0.308. The van der Waals surface area contributed by atoms with E-state index in [0.717, 1.165) is 10.6 Å². The zero-order valence-electron chi connectivity index (χ0n) is 7.21. The first-order valence-corrected chi connectivity index (χ1v) is 5.34. The van der Waals surface area contributed by atoms with E-state index >= 15 is 0 Å². The number of thiazole rings is 1. The van der Waals surface area contributed by atoms with Crippen molar-refractivity contribution in [2.24, 2.45) is 0 Å². The van der Waals surface area contributed by atoms with Crippen LogP contribution in [-0.4, -0.2) is 4.98 Å². The molecular formula is C10H7ClFNS. The topological polar surface area (TPSA) is 12.9 Å². The van der Waals surface area contributed by atoms with Gasteiger partial charge in [-0.25, -0.2) is 9.37 Å². The van der Waals surface area contributed by atoms with Crippen LogP contribution < -0.4 is 0 Å². The van der Waals surface area contributed by atoms with Crippen LogP contribution >= 0.6 is 22.9 Å². The van der Waals surface area contributed by atoms with Crippen molar-refractivity contribution in [2.75, 3.05) is 0 Å². The van der Waals surface area contributed by atoms with Crippen LogP contribution in [-0.2, 0) is 6.42 Å². The Balaban J connectivity index is 2.25. The normalized spacial score (nSPS) is 10.4. The van der Waals surface area contributed by atoms with Gasteiger partial charge in [0, 0.05) is 23.0 Å². The van der Waals surface area contributed by atoms with Gasteiger partial charge in [0.25, 0.3) is 0 Å². The van der Waals surface area contributed by atoms with E-state index in [1.165, 1.54) is 12.1 Å². The average molecular weight is 228 g/mol. The largest absolute Gasteiger partial charge is 0.249 e. The van der Waals surface area contributed by atoms with Crippen molar-refractivity contribution in [2.45, 2.75) is 6.42 Å². The van der Waals surface area contributed by atoms with Gasteiger partial charge in [0.15, 0.2) is 0 Å². The highest BCUT2D eigenvalue weighted by atomic mass is 35.5. The minimum Gasteiger partial charge on any atom is -0.249 e. The first kappa shape index (κ1) is 9.62. The van der Waals surface area contributed by atoms with E-state index in [-0.39, 0.29) is 5.82 Å². The van der Waals surface area contributed by atoms with E-state index in [0.29, 0.717) is 11.4 Å². The Kier molecular flexibility index (Phi) is 2.79. The molecule has 0 spiro atoms. The maximum atomic E-state index is 12.7. The second-order valence-electron chi connectivity index (χ2n) is 2.84. The van der Waals surface area contributed by atoms with Crippen LogP contribution in [0.15, 0.2) is 29.8 Å². The second kappa shape index (κ2) is 4.07. The van der Waals surface area contributed by atoms with Crippen molar-refractivity contribution in [3.8, 4) is 0 Å². The highest BCUT2D eigenvalue weighted by molar-refractivity contribution is 7.09. The van der Waals surface area contributed by atoms with Crippen molar-refractivity contribution in [1.82, 2.24) is 4.98 Å². The summed E-state index contributed by atoms with van der Waals surface area (Å²) in [5, 5.41) is 3.35. The first-order chi connectivity index (χ1) is 6.75. The van der Waals surface area contributed by atoms with Gasteiger partial charge in [0.1, 0.15) is 5.82 Å². The smallest absolute Gasteiger partial charge is 0.124 e. The molecule has 1 heterocycles. The molecule has 0 saturated carbocycles. The van der Waals surface area contributed by atoms with Crippen LogP contribution in [0.1, 0.15) is 10.6 Å². The van der Waals surface area contributed by atoms with Crippen molar-refractivity contribution in [3.05, 3.63) is 51.2 Å². The lowest BCUT2D eigenvalue weighted by molar-refractivity contribution is 0.627. The quantitative estimate of drug-likeness (QED) is 0.765. The standard InChI is InChI=1S/C10H7ClFNS/c11-9-6-8(12)2-1-7(9)5-10-13-3-4-14-10/h1-4,6H,5H2. The van der Waals surface area contributed by atoms with Crippen LogP contribution in [0.4, 0.5) is 4.39 Å². The molecule has 0 fully saturated rings. The summed E-state index contributed by atoms with van der Waals surface area (Å²) < 4.78 is 12.7. The molecule has 4 heteroatoms. The fourth-order valence-corrected chi connectivity index (χ4v) is 2.04. The third kappa shape index (κ3) is 2.11. The van der Waals surface area contributed by atoms with E-state index in [9.17, 15) is 4.39 Å². The summed E-state index contributed by atoms with van der Waals surface area (Å²) in [5.41, 5.74) is 0.906. The number of nitrogens with zero attached hydrogens (tertiary/aromatic N) is 1. The minimum atomic E-state index is -0.308. The van der Waals surface area contributed by atoms with Gasteiger partial charge < -0.3 is 0 Å². The molecule has 0 aliphatic heterocycles. The van der Waals surface area contributed by atoms with E-state index in [2.05, 4.69) is 4.98 Å². The van der Waals surface area contributed by atoms with Crippen molar-refractivity contribution in [1.29, 1.82) is 0 Å². The molecule has 2 aromatic rings. The number of halogens is 2. The fourth-order valence-electron chi connectivity index (χ4n) is 1.17. The number of hydrogen-bond acceptors (Lipinski definition) is 2. The maximum Gasteiger partial charge on any atom is 0.124 e. The minimum absolute atomic E-state index is 0.308. The lowest BCUT2D eigenvalue weighted by atomic mass is 10.1. The molecule has 0 aliphatic rings. The predicted octanol–water partition coefficient (Wildman–Crippen LogP) is 3.53. The van der Waals surface area contributed by atoms with Gasteiger partial charge >= 0.3 is 0 Å². The fraction of sp³-hybridized carbons (Fsp3) is 0.100. The number of aromatic nitrogens is 1. The molecule has 0 amide bonds. The lowest BCUT2D eigenvalue weighted by Gasteiger charge is -2.01. The highest BCUT2D eigenvalue weighted by Gasteiger charge is 2.04. The van der Waals surface area contributed by atoms with Crippen LogP contribution in [0.2, 0.25) is 5.02 Å². The Morgan fingerprint density at radius 1 is 1.43 bits per heavy atom. The summed E-state index contributed by atoms with van der Waals surface area (Å²) in [6.45, 7) is 0. The third-order valence-electron chi connectivity index (χ3n) is 1.84. The monoisotopic (exact) mass is 227 g/mol. The van der Waals surface area contributed by atoms with E-state index in [1.54, 1.807) is 23.6 Å². The van der Waals surface area contributed by atoms with Crippen LogP contribution in [0.5, 0.6) is 0 Å². The Bertz CT molecular complexity index is 428. The molecule has 1 aromatic heterocycles. The molecule has 0 unspecified atom stereocenters. The lowest BCUT2D eigenvalue weighted by Crippen LogP contribution is -1.89. The van der Waals surface area contributed by atoms with Gasteiger partial charge in [-0.05, 0) is 17.7 Å². The van der Waals surface area contributed by atoms with E-state index < -0.39 is 0 Å². The molecule has 1 nitrogen and oxygen atoms in total.